The van der Waals surface area contributed by atoms with Gasteiger partial charge in [-0.15, -0.1) is 6.58 Å². The summed E-state index contributed by atoms with van der Waals surface area (Å²) >= 11 is 0. The number of hydrogen-bond acceptors (Lipinski definition) is 1. The molecule has 45 heavy (non-hydrogen) atoms. The molecule has 3 unspecified atom stereocenters. The summed E-state index contributed by atoms with van der Waals surface area (Å²) in [4.78, 5) is 13.3. The van der Waals surface area contributed by atoms with Crippen LogP contribution in [-0.4, -0.2) is 5.78 Å². The first kappa shape index (κ1) is 37.1. The molecule has 3 aliphatic carbocycles. The largest absolute Gasteiger partial charge is 0.299 e. The molecule has 0 saturated heterocycles. The van der Waals surface area contributed by atoms with E-state index in [1.807, 2.05) is 0 Å². The molecule has 0 aromatic carbocycles. The summed E-state index contributed by atoms with van der Waals surface area (Å²) in [5.41, 5.74) is 8.41. The van der Waals surface area contributed by atoms with Gasteiger partial charge < -0.3 is 0 Å². The van der Waals surface area contributed by atoms with E-state index in [1.165, 1.54) is 72.8 Å². The van der Waals surface area contributed by atoms with E-state index in [1.54, 1.807) is 0 Å². The lowest BCUT2D eigenvalue weighted by Crippen LogP contribution is -2.34. The minimum atomic E-state index is 0.228. The maximum absolute atomic E-state index is 13.3. The van der Waals surface area contributed by atoms with Crippen LogP contribution in [0, 0.1) is 35.0 Å². The average molecular weight is 611 g/mol. The highest BCUT2D eigenvalue weighted by Gasteiger charge is 2.40. The van der Waals surface area contributed by atoms with Gasteiger partial charge >= 0.3 is 0 Å². The zero-order chi connectivity index (χ0) is 33.0. The van der Waals surface area contributed by atoms with Crippen molar-refractivity contribution in [1.29, 1.82) is 0 Å². The number of unbranched alkanes of at least 4 members (excludes halogenated alkanes) is 1. The first-order chi connectivity index (χ1) is 21.5. The fourth-order valence-corrected chi connectivity index (χ4v) is 8.83. The number of hydrogen-bond donors (Lipinski definition) is 0. The molecular formula is C44H66O. The lowest BCUT2D eigenvalue weighted by Gasteiger charge is -2.45. The Kier molecular flexibility index (Phi) is 14.9. The van der Waals surface area contributed by atoms with Crippen molar-refractivity contribution >= 4 is 5.78 Å². The fourth-order valence-electron chi connectivity index (χ4n) is 8.83. The van der Waals surface area contributed by atoms with Crippen LogP contribution in [0.15, 0.2) is 95.7 Å². The zero-order valence-electron chi connectivity index (χ0n) is 30.1. The molecule has 0 radical (unpaired) electrons. The Morgan fingerprint density at radius 2 is 1.64 bits per heavy atom. The standard InChI is InChI=1S/C44H66O/c1-10-14-38(15-11-2)31-39-20-24-44(25-21-39)26-22-41(23-27-44)42(45)30-33(5)18-19-40(32(3)4)17-13-12-16-35(7)43-36(8)28-34(6)29-37(43)9/h10-11,15,18-19,28-29,36,38-39,41,43H,1,5,7,12-14,16-17,20-27,30-31H2,2-4,6,8-9H3/b15-11-,19-18-. The molecule has 3 aliphatic rings. The third-order valence-electron chi connectivity index (χ3n) is 11.4. The smallest absolute Gasteiger partial charge is 0.140 e. The van der Waals surface area contributed by atoms with Crippen LogP contribution in [0.3, 0.4) is 0 Å². The van der Waals surface area contributed by atoms with Gasteiger partial charge in [-0.2, -0.15) is 0 Å². The molecule has 1 heteroatoms. The molecule has 3 atom stereocenters. The van der Waals surface area contributed by atoms with Crippen LogP contribution in [-0.2, 0) is 4.79 Å². The van der Waals surface area contributed by atoms with Gasteiger partial charge in [0.15, 0.2) is 0 Å². The van der Waals surface area contributed by atoms with Gasteiger partial charge in [0.25, 0.3) is 0 Å². The minimum absolute atomic E-state index is 0.228. The third kappa shape index (κ3) is 11.4. The molecule has 1 nitrogen and oxygen atoms in total. The van der Waals surface area contributed by atoms with Crippen molar-refractivity contribution in [1.82, 2.24) is 0 Å². The number of carbonyl (C=O) groups excluding carboxylic acids is 1. The summed E-state index contributed by atoms with van der Waals surface area (Å²) in [5.74, 6) is 3.17. The van der Waals surface area contributed by atoms with Gasteiger partial charge in [0, 0.05) is 18.3 Å². The highest BCUT2D eigenvalue weighted by atomic mass is 16.1. The van der Waals surface area contributed by atoms with Crippen molar-refractivity contribution in [3.05, 3.63) is 95.7 Å². The predicted octanol–water partition coefficient (Wildman–Crippen LogP) is 13.2. The van der Waals surface area contributed by atoms with Gasteiger partial charge in [-0.05, 0) is 159 Å². The maximum Gasteiger partial charge on any atom is 0.140 e. The molecule has 0 aromatic heterocycles. The summed E-state index contributed by atoms with van der Waals surface area (Å²) in [5, 5.41) is 0. The summed E-state index contributed by atoms with van der Waals surface area (Å²) in [6.45, 7) is 26.1. The van der Waals surface area contributed by atoms with Crippen LogP contribution in [0.4, 0.5) is 0 Å². The van der Waals surface area contributed by atoms with Crippen LogP contribution in [0.5, 0.6) is 0 Å². The Bertz CT molecular complexity index is 1170. The van der Waals surface area contributed by atoms with Crippen LogP contribution in [0.2, 0.25) is 0 Å². The first-order valence-corrected chi connectivity index (χ1v) is 18.3. The lowest BCUT2D eigenvalue weighted by molar-refractivity contribution is -0.124. The molecule has 0 heterocycles. The third-order valence-corrected chi connectivity index (χ3v) is 11.4. The quantitative estimate of drug-likeness (QED) is 0.0965. The second kappa shape index (κ2) is 18.1. The van der Waals surface area contributed by atoms with E-state index in [9.17, 15) is 4.79 Å². The van der Waals surface area contributed by atoms with Gasteiger partial charge in [0.1, 0.15) is 5.78 Å². The summed E-state index contributed by atoms with van der Waals surface area (Å²) in [7, 11) is 0. The Labute approximate surface area is 278 Å². The Hall–Kier alpha value is -2.41. The molecule has 0 bridgehead atoms. The number of ketones is 1. The van der Waals surface area contributed by atoms with E-state index in [-0.39, 0.29) is 5.92 Å². The minimum Gasteiger partial charge on any atom is -0.299 e. The topological polar surface area (TPSA) is 17.1 Å². The molecular weight excluding hydrogens is 544 g/mol. The van der Waals surface area contributed by atoms with E-state index in [0.717, 1.165) is 56.4 Å². The molecule has 248 valence electrons. The van der Waals surface area contributed by atoms with Crippen molar-refractivity contribution in [3.8, 4) is 0 Å². The highest BCUT2D eigenvalue weighted by molar-refractivity contribution is 5.83. The van der Waals surface area contributed by atoms with E-state index in [4.69, 9.17) is 0 Å². The number of allylic oxidation sites excluding steroid dienone is 13. The van der Waals surface area contributed by atoms with Crippen LogP contribution >= 0.6 is 0 Å². The van der Waals surface area contributed by atoms with E-state index in [2.05, 4.69) is 104 Å². The number of carbonyl (C=O) groups is 1. The predicted molar refractivity (Wildman–Crippen MR) is 198 cm³/mol. The molecule has 2 saturated carbocycles. The van der Waals surface area contributed by atoms with Crippen molar-refractivity contribution in [3.63, 3.8) is 0 Å². The Morgan fingerprint density at radius 3 is 2.24 bits per heavy atom. The van der Waals surface area contributed by atoms with Crippen LogP contribution < -0.4 is 0 Å². The number of rotatable bonds is 16. The molecule has 0 aromatic rings. The van der Waals surface area contributed by atoms with Crippen molar-refractivity contribution in [2.24, 2.45) is 35.0 Å². The van der Waals surface area contributed by atoms with Gasteiger partial charge in [0.2, 0.25) is 0 Å². The maximum atomic E-state index is 13.3. The molecule has 1 spiro atoms. The van der Waals surface area contributed by atoms with Crippen LogP contribution in [0.25, 0.3) is 0 Å². The molecule has 0 amide bonds. The average Bonchev–Trinajstić information content (AvgIpc) is 2.98. The molecule has 3 rings (SSSR count). The van der Waals surface area contributed by atoms with Gasteiger partial charge in [-0.25, -0.2) is 0 Å². The Morgan fingerprint density at radius 1 is 1.00 bits per heavy atom. The summed E-state index contributed by atoms with van der Waals surface area (Å²) in [6.07, 6.45) is 33.2. The van der Waals surface area contributed by atoms with E-state index in [0.29, 0.717) is 35.4 Å². The van der Waals surface area contributed by atoms with Crippen molar-refractivity contribution in [2.45, 2.75) is 138 Å². The highest BCUT2D eigenvalue weighted by Crippen LogP contribution is 2.51. The summed E-state index contributed by atoms with van der Waals surface area (Å²) in [6, 6.07) is 0. The molecule has 0 aliphatic heterocycles. The second-order valence-corrected chi connectivity index (χ2v) is 15.4. The van der Waals surface area contributed by atoms with Crippen molar-refractivity contribution in [2.75, 3.05) is 0 Å². The number of Topliss-reactive ketones (excluding diaryl/α,β-unsaturated/α-hetero) is 1. The van der Waals surface area contributed by atoms with E-state index < -0.39 is 0 Å². The normalized spacial score (nSPS) is 27.7. The zero-order valence-corrected chi connectivity index (χ0v) is 30.1. The van der Waals surface area contributed by atoms with E-state index >= 15 is 0 Å². The lowest BCUT2D eigenvalue weighted by atomic mass is 9.60. The fraction of sp³-hybridized carbons (Fsp3) is 0.614. The molecule has 0 N–H and O–H groups in total. The van der Waals surface area contributed by atoms with Gasteiger partial charge in [0.05, 0.1) is 0 Å². The van der Waals surface area contributed by atoms with Gasteiger partial charge in [-0.1, -0.05) is 84.9 Å². The van der Waals surface area contributed by atoms with Crippen molar-refractivity contribution < 1.29 is 4.79 Å². The van der Waals surface area contributed by atoms with Crippen LogP contribution in [0.1, 0.15) is 138 Å². The van der Waals surface area contributed by atoms with Gasteiger partial charge in [-0.3, -0.25) is 4.79 Å². The molecule has 2 fully saturated rings. The SMILES string of the molecule is C=CCC(/C=C\C)CC1CCC2(CC1)CCC(C(=O)CC(=C)/C=C\C(CCCCC(=C)C1C(C)=CC(C)=CC1C)=C(C)C)CC2. The second-order valence-electron chi connectivity index (χ2n) is 15.4. The Balaban J connectivity index is 1.38. The summed E-state index contributed by atoms with van der Waals surface area (Å²) < 4.78 is 0. The first-order valence-electron chi connectivity index (χ1n) is 18.3. The monoisotopic (exact) mass is 611 g/mol.